The summed E-state index contributed by atoms with van der Waals surface area (Å²) >= 11 is 0. The number of aromatic nitrogens is 2. The Balaban J connectivity index is 3.19. The topological polar surface area (TPSA) is 34.9 Å². The molecule has 0 N–H and O–H groups in total. The van der Waals surface area contributed by atoms with Gasteiger partial charge in [0.2, 0.25) is 0 Å². The van der Waals surface area contributed by atoms with Gasteiger partial charge < -0.3 is 0 Å². The van der Waals surface area contributed by atoms with Gasteiger partial charge in [-0.05, 0) is 27.7 Å². The largest absolute Gasteiger partial charge is 0.298 e. The highest BCUT2D eigenvalue weighted by Crippen LogP contribution is 2.16. The van der Waals surface area contributed by atoms with Crippen molar-refractivity contribution in [2.24, 2.45) is 0 Å². The summed E-state index contributed by atoms with van der Waals surface area (Å²) in [5.41, 5.74) is 1.55. The smallest absolute Gasteiger partial charge is 0.153 e. The molecule has 0 atom stereocenters. The number of carbonyl (C=O) groups is 1. The van der Waals surface area contributed by atoms with Crippen LogP contribution in [0, 0.1) is 6.92 Å². The zero-order valence-corrected chi connectivity index (χ0v) is 7.96. The molecule has 0 aliphatic carbocycles. The van der Waals surface area contributed by atoms with Crippen molar-refractivity contribution in [1.82, 2.24) is 9.78 Å². The molecular formula is C9H14N2O. The Hall–Kier alpha value is -1.12. The molecule has 0 aromatic carbocycles. The Morgan fingerprint density at radius 3 is 2.33 bits per heavy atom. The molecule has 0 aliphatic heterocycles. The van der Waals surface area contributed by atoms with E-state index in [-0.39, 0.29) is 5.54 Å². The fraction of sp³-hybridized carbons (Fsp3) is 0.556. The summed E-state index contributed by atoms with van der Waals surface area (Å²) in [7, 11) is 0. The molecule has 1 aromatic rings. The second-order valence-electron chi connectivity index (χ2n) is 3.89. The minimum Gasteiger partial charge on any atom is -0.298 e. The van der Waals surface area contributed by atoms with Gasteiger partial charge in [-0.15, -0.1) is 0 Å². The van der Waals surface area contributed by atoms with E-state index in [9.17, 15) is 4.79 Å². The first-order chi connectivity index (χ1) is 5.46. The van der Waals surface area contributed by atoms with Crippen LogP contribution in [0.1, 0.15) is 36.8 Å². The molecule has 0 saturated carbocycles. The number of nitrogens with zero attached hydrogens (tertiary/aromatic N) is 2. The lowest BCUT2D eigenvalue weighted by atomic mass is 10.1. The van der Waals surface area contributed by atoms with E-state index in [2.05, 4.69) is 25.9 Å². The van der Waals surface area contributed by atoms with Gasteiger partial charge in [0.05, 0.1) is 17.3 Å². The van der Waals surface area contributed by atoms with E-state index in [4.69, 9.17) is 0 Å². The standard InChI is InChI=1S/C9H14N2O/c1-7-8(6-12)5-10-11(7)9(2,3)4/h5-6H,1-4H3. The van der Waals surface area contributed by atoms with Crippen molar-refractivity contribution in [3.05, 3.63) is 17.5 Å². The van der Waals surface area contributed by atoms with Gasteiger partial charge in [-0.2, -0.15) is 5.10 Å². The maximum absolute atomic E-state index is 10.5. The van der Waals surface area contributed by atoms with Crippen LogP contribution < -0.4 is 0 Å². The second-order valence-corrected chi connectivity index (χ2v) is 3.89. The van der Waals surface area contributed by atoms with Crippen LogP contribution in [0.4, 0.5) is 0 Å². The lowest BCUT2D eigenvalue weighted by molar-refractivity contribution is 0.112. The average Bonchev–Trinajstić information content (AvgIpc) is 2.29. The normalized spacial score (nSPS) is 11.7. The highest BCUT2D eigenvalue weighted by atomic mass is 16.1. The first kappa shape index (κ1) is 8.97. The summed E-state index contributed by atoms with van der Waals surface area (Å²) in [5, 5.41) is 4.14. The van der Waals surface area contributed by atoms with E-state index >= 15 is 0 Å². The molecule has 1 rings (SSSR count). The van der Waals surface area contributed by atoms with Crippen LogP contribution in [-0.4, -0.2) is 16.1 Å². The van der Waals surface area contributed by atoms with Crippen molar-refractivity contribution >= 4 is 6.29 Å². The minimum atomic E-state index is -0.0503. The number of hydrogen-bond acceptors (Lipinski definition) is 2. The van der Waals surface area contributed by atoms with Crippen LogP contribution >= 0.6 is 0 Å². The summed E-state index contributed by atoms with van der Waals surface area (Å²) < 4.78 is 1.86. The van der Waals surface area contributed by atoms with Gasteiger partial charge in [0.15, 0.2) is 6.29 Å². The van der Waals surface area contributed by atoms with E-state index < -0.39 is 0 Å². The van der Waals surface area contributed by atoms with Gasteiger partial charge >= 0.3 is 0 Å². The van der Waals surface area contributed by atoms with Crippen molar-refractivity contribution in [3.63, 3.8) is 0 Å². The van der Waals surface area contributed by atoms with Gasteiger partial charge in [0, 0.05) is 5.69 Å². The molecule has 0 spiro atoms. The van der Waals surface area contributed by atoms with Gasteiger partial charge in [-0.3, -0.25) is 9.48 Å². The van der Waals surface area contributed by atoms with Gasteiger partial charge in [-0.1, -0.05) is 0 Å². The molecule has 0 saturated heterocycles. The van der Waals surface area contributed by atoms with E-state index in [0.29, 0.717) is 5.56 Å². The predicted octanol–water partition coefficient (Wildman–Crippen LogP) is 1.76. The zero-order chi connectivity index (χ0) is 9.35. The Morgan fingerprint density at radius 1 is 1.50 bits per heavy atom. The molecule has 3 nitrogen and oxygen atoms in total. The zero-order valence-electron chi connectivity index (χ0n) is 7.96. The monoisotopic (exact) mass is 166 g/mol. The van der Waals surface area contributed by atoms with Crippen LogP contribution in [0.2, 0.25) is 0 Å². The molecule has 66 valence electrons. The summed E-state index contributed by atoms with van der Waals surface area (Å²) in [6.45, 7) is 8.08. The average molecular weight is 166 g/mol. The highest BCUT2D eigenvalue weighted by molar-refractivity contribution is 5.75. The number of hydrogen-bond donors (Lipinski definition) is 0. The third kappa shape index (κ3) is 1.40. The van der Waals surface area contributed by atoms with Crippen molar-refractivity contribution in [3.8, 4) is 0 Å². The van der Waals surface area contributed by atoms with Crippen LogP contribution in [0.3, 0.4) is 0 Å². The molecule has 0 bridgehead atoms. The first-order valence-corrected chi connectivity index (χ1v) is 3.97. The van der Waals surface area contributed by atoms with Gasteiger partial charge in [-0.25, -0.2) is 0 Å². The molecule has 12 heavy (non-hydrogen) atoms. The Kier molecular flexibility index (Phi) is 2.04. The SMILES string of the molecule is Cc1c(C=O)cnn1C(C)(C)C. The molecule has 1 heterocycles. The lowest BCUT2D eigenvalue weighted by Gasteiger charge is -2.21. The number of rotatable bonds is 1. The van der Waals surface area contributed by atoms with Crippen LogP contribution in [-0.2, 0) is 5.54 Å². The Bertz CT molecular complexity index is 294. The third-order valence-electron chi connectivity index (χ3n) is 1.81. The molecule has 0 radical (unpaired) electrons. The van der Waals surface area contributed by atoms with Crippen LogP contribution in [0.25, 0.3) is 0 Å². The van der Waals surface area contributed by atoms with Gasteiger partial charge in [0.25, 0.3) is 0 Å². The molecular weight excluding hydrogens is 152 g/mol. The number of carbonyl (C=O) groups excluding carboxylic acids is 1. The van der Waals surface area contributed by atoms with Crippen LogP contribution in [0.5, 0.6) is 0 Å². The second kappa shape index (κ2) is 2.73. The van der Waals surface area contributed by atoms with Crippen molar-refractivity contribution < 1.29 is 4.79 Å². The summed E-state index contributed by atoms with van der Waals surface area (Å²) in [6.07, 6.45) is 2.44. The van der Waals surface area contributed by atoms with Crippen LogP contribution in [0.15, 0.2) is 6.20 Å². The maximum Gasteiger partial charge on any atom is 0.153 e. The van der Waals surface area contributed by atoms with E-state index in [0.717, 1.165) is 12.0 Å². The summed E-state index contributed by atoms with van der Waals surface area (Å²) in [4.78, 5) is 10.5. The van der Waals surface area contributed by atoms with E-state index in [1.54, 1.807) is 6.20 Å². The lowest BCUT2D eigenvalue weighted by Crippen LogP contribution is -2.24. The van der Waals surface area contributed by atoms with E-state index in [1.807, 2.05) is 11.6 Å². The molecule has 0 aliphatic rings. The molecule has 3 heteroatoms. The molecule has 0 amide bonds. The molecule has 1 aromatic heterocycles. The predicted molar refractivity (Wildman–Crippen MR) is 47.3 cm³/mol. The fourth-order valence-electron chi connectivity index (χ4n) is 1.21. The van der Waals surface area contributed by atoms with Gasteiger partial charge in [0.1, 0.15) is 0 Å². The minimum absolute atomic E-state index is 0.0503. The first-order valence-electron chi connectivity index (χ1n) is 3.97. The highest BCUT2D eigenvalue weighted by Gasteiger charge is 2.17. The number of aldehydes is 1. The molecule has 0 unspecified atom stereocenters. The van der Waals surface area contributed by atoms with Crippen molar-refractivity contribution in [2.75, 3.05) is 0 Å². The molecule has 0 fully saturated rings. The van der Waals surface area contributed by atoms with Crippen molar-refractivity contribution in [1.29, 1.82) is 0 Å². The van der Waals surface area contributed by atoms with Crippen molar-refractivity contribution in [2.45, 2.75) is 33.2 Å². The van der Waals surface area contributed by atoms with E-state index in [1.165, 1.54) is 0 Å². The third-order valence-corrected chi connectivity index (χ3v) is 1.81. The maximum atomic E-state index is 10.5. The summed E-state index contributed by atoms with van der Waals surface area (Å²) in [5.74, 6) is 0. The Labute approximate surface area is 72.4 Å². The Morgan fingerprint density at radius 2 is 2.08 bits per heavy atom. The summed E-state index contributed by atoms with van der Waals surface area (Å²) in [6, 6.07) is 0. The fourth-order valence-corrected chi connectivity index (χ4v) is 1.21. The quantitative estimate of drug-likeness (QED) is 0.596.